The zero-order valence-electron chi connectivity index (χ0n) is 20.1. The van der Waals surface area contributed by atoms with Crippen LogP contribution in [0.1, 0.15) is 85.1 Å². The number of carbonyl (C=O) groups excluding carboxylic acids is 2. The van der Waals surface area contributed by atoms with E-state index in [1.165, 1.54) is 5.56 Å². The van der Waals surface area contributed by atoms with Crippen molar-refractivity contribution in [3.05, 3.63) is 34.3 Å². The van der Waals surface area contributed by atoms with Crippen molar-refractivity contribution in [2.45, 2.75) is 109 Å². The zero-order valence-corrected chi connectivity index (χ0v) is 21.7. The van der Waals surface area contributed by atoms with E-state index in [-0.39, 0.29) is 30.3 Å². The maximum atomic E-state index is 13.2. The molecule has 2 aliphatic rings. The Hall–Kier alpha value is -1.76. The highest BCUT2D eigenvalue weighted by molar-refractivity contribution is 9.10. The minimum absolute atomic E-state index is 0.0723. The van der Waals surface area contributed by atoms with E-state index in [2.05, 4.69) is 45.5 Å². The van der Waals surface area contributed by atoms with Crippen molar-refractivity contribution in [1.29, 1.82) is 0 Å². The van der Waals surface area contributed by atoms with Crippen LogP contribution < -0.4 is 5.32 Å². The molecule has 2 fully saturated rings. The van der Waals surface area contributed by atoms with E-state index in [0.717, 1.165) is 36.6 Å². The number of ether oxygens (including phenoxy) is 2. The average Bonchev–Trinajstić information content (AvgIpc) is 3.41. The fraction of sp³-hybridized carbons (Fsp3) is 0.680. The highest BCUT2D eigenvalue weighted by atomic mass is 79.9. The van der Waals surface area contributed by atoms with Gasteiger partial charge in [0.2, 0.25) is 0 Å². The molecule has 1 N–H and O–H groups in total. The van der Waals surface area contributed by atoms with Crippen LogP contribution in [0.15, 0.2) is 28.7 Å². The lowest BCUT2D eigenvalue weighted by atomic mass is 9.90. The number of amides is 2. The highest BCUT2D eigenvalue weighted by Crippen LogP contribution is 2.47. The third-order valence-electron chi connectivity index (χ3n) is 5.83. The molecule has 1 aromatic rings. The molecule has 6 nitrogen and oxygen atoms in total. The Kier molecular flexibility index (Phi) is 7.48. The predicted octanol–water partition coefficient (Wildman–Crippen LogP) is 6.38. The molecule has 0 aromatic heterocycles. The second-order valence-electron chi connectivity index (χ2n) is 11.0. The summed E-state index contributed by atoms with van der Waals surface area (Å²) < 4.78 is 12.2. The summed E-state index contributed by atoms with van der Waals surface area (Å²) in [5.41, 5.74) is 0.210. The van der Waals surface area contributed by atoms with E-state index in [1.54, 1.807) is 0 Å². The van der Waals surface area contributed by atoms with E-state index in [0.29, 0.717) is 5.92 Å². The molecule has 32 heavy (non-hydrogen) atoms. The van der Waals surface area contributed by atoms with Gasteiger partial charge in [-0.05, 0) is 91.3 Å². The third-order valence-corrected chi connectivity index (χ3v) is 6.36. The predicted molar refractivity (Wildman–Crippen MR) is 129 cm³/mol. The minimum atomic E-state index is -0.535. The number of nitrogens with one attached hydrogen (secondary N) is 1. The molecule has 178 valence electrons. The lowest BCUT2D eigenvalue weighted by molar-refractivity contribution is 0.00744. The number of rotatable bonds is 4. The van der Waals surface area contributed by atoms with Crippen LogP contribution in [-0.4, -0.2) is 46.4 Å². The molecule has 2 atom stereocenters. The molecule has 0 radical (unpaired) electrons. The second kappa shape index (κ2) is 9.62. The van der Waals surface area contributed by atoms with Gasteiger partial charge in [0.25, 0.3) is 0 Å². The van der Waals surface area contributed by atoms with Gasteiger partial charge < -0.3 is 19.7 Å². The van der Waals surface area contributed by atoms with Crippen LogP contribution in [0.5, 0.6) is 0 Å². The quantitative estimate of drug-likeness (QED) is 0.512. The molecule has 1 aromatic carbocycles. The van der Waals surface area contributed by atoms with Crippen LogP contribution in [0.2, 0.25) is 0 Å². The zero-order chi connectivity index (χ0) is 23.7. The van der Waals surface area contributed by atoms with E-state index in [1.807, 2.05) is 46.4 Å². The third kappa shape index (κ3) is 7.12. The Labute approximate surface area is 200 Å². The number of carbonyl (C=O) groups is 2. The summed E-state index contributed by atoms with van der Waals surface area (Å²) in [4.78, 5) is 27.3. The molecule has 2 aliphatic carbocycles. The molecular formula is C25H37BrN2O4. The topological polar surface area (TPSA) is 67.9 Å². The van der Waals surface area contributed by atoms with Crippen LogP contribution >= 0.6 is 15.9 Å². The average molecular weight is 509 g/mol. The molecule has 2 saturated carbocycles. The molecular weight excluding hydrogens is 472 g/mol. The molecule has 0 saturated heterocycles. The van der Waals surface area contributed by atoms with E-state index in [4.69, 9.17) is 9.47 Å². The van der Waals surface area contributed by atoms with Gasteiger partial charge in [-0.3, -0.25) is 0 Å². The molecule has 0 bridgehead atoms. The van der Waals surface area contributed by atoms with Crippen molar-refractivity contribution in [3.63, 3.8) is 0 Å². The van der Waals surface area contributed by atoms with Crippen molar-refractivity contribution < 1.29 is 19.1 Å². The van der Waals surface area contributed by atoms with Gasteiger partial charge in [0.05, 0.1) is 0 Å². The van der Waals surface area contributed by atoms with Crippen molar-refractivity contribution in [3.8, 4) is 0 Å². The first-order valence-electron chi connectivity index (χ1n) is 11.6. The summed E-state index contributed by atoms with van der Waals surface area (Å²) in [6, 6.07) is 8.71. The van der Waals surface area contributed by atoms with Crippen LogP contribution in [-0.2, 0) is 9.47 Å². The summed E-state index contributed by atoms with van der Waals surface area (Å²) in [5.74, 6) is 0.341. The Balaban J connectivity index is 1.64. The maximum absolute atomic E-state index is 13.2. The van der Waals surface area contributed by atoms with Crippen molar-refractivity contribution in [2.75, 3.05) is 0 Å². The smallest absolute Gasteiger partial charge is 0.410 e. The minimum Gasteiger partial charge on any atom is -0.444 e. The summed E-state index contributed by atoms with van der Waals surface area (Å²) >= 11 is 3.49. The van der Waals surface area contributed by atoms with Gasteiger partial charge >= 0.3 is 12.2 Å². The molecule has 0 aliphatic heterocycles. The largest absolute Gasteiger partial charge is 0.444 e. The Morgan fingerprint density at radius 2 is 1.50 bits per heavy atom. The number of alkyl carbamates (subject to hydrolysis) is 1. The second-order valence-corrected chi connectivity index (χ2v) is 11.9. The molecule has 7 heteroatoms. The number of hydrogen-bond donors (Lipinski definition) is 1. The van der Waals surface area contributed by atoms with Crippen molar-refractivity contribution in [2.24, 2.45) is 0 Å². The number of hydrogen-bond acceptors (Lipinski definition) is 4. The first-order chi connectivity index (χ1) is 14.8. The van der Waals surface area contributed by atoms with Crippen LogP contribution in [0, 0.1) is 0 Å². The molecule has 0 unspecified atom stereocenters. The van der Waals surface area contributed by atoms with Gasteiger partial charge in [-0.2, -0.15) is 0 Å². The number of benzene rings is 1. The Morgan fingerprint density at radius 1 is 0.938 bits per heavy atom. The van der Waals surface area contributed by atoms with E-state index in [9.17, 15) is 9.59 Å². The fourth-order valence-corrected chi connectivity index (χ4v) is 4.66. The molecule has 2 amide bonds. The standard InChI is InChI=1S/C25H37BrN2O4/c1-24(2,3)31-22(29)27-18-11-13-19(14-12-18)28(23(30)32-25(4,5)6)21-15-20(21)16-7-9-17(26)10-8-16/h7-10,18-21H,11-15H2,1-6H3,(H,27,29)/t18?,19?,20-,21+/m0/s1. The summed E-state index contributed by atoms with van der Waals surface area (Å²) in [6.07, 6.45) is 3.66. The first kappa shape index (κ1) is 24.9. The van der Waals surface area contributed by atoms with E-state index < -0.39 is 11.2 Å². The normalized spacial score (nSPS) is 25.6. The fourth-order valence-electron chi connectivity index (χ4n) is 4.40. The summed E-state index contributed by atoms with van der Waals surface area (Å²) in [7, 11) is 0. The summed E-state index contributed by atoms with van der Waals surface area (Å²) in [5, 5.41) is 2.99. The van der Waals surface area contributed by atoms with Gasteiger partial charge in [-0.25, -0.2) is 9.59 Å². The monoisotopic (exact) mass is 508 g/mol. The van der Waals surface area contributed by atoms with Gasteiger partial charge in [0, 0.05) is 28.5 Å². The number of halogens is 1. The van der Waals surface area contributed by atoms with Crippen molar-refractivity contribution in [1.82, 2.24) is 10.2 Å². The molecule has 0 heterocycles. The molecule has 0 spiro atoms. The van der Waals surface area contributed by atoms with Gasteiger partial charge in [0.15, 0.2) is 0 Å². The highest BCUT2D eigenvalue weighted by Gasteiger charge is 2.49. The van der Waals surface area contributed by atoms with Gasteiger partial charge in [-0.1, -0.05) is 28.1 Å². The van der Waals surface area contributed by atoms with Crippen LogP contribution in [0.4, 0.5) is 9.59 Å². The van der Waals surface area contributed by atoms with Gasteiger partial charge in [-0.15, -0.1) is 0 Å². The first-order valence-corrected chi connectivity index (χ1v) is 12.4. The lowest BCUT2D eigenvalue weighted by Crippen LogP contribution is -2.49. The van der Waals surface area contributed by atoms with Gasteiger partial charge in [0.1, 0.15) is 11.2 Å². The maximum Gasteiger partial charge on any atom is 0.410 e. The Bertz CT molecular complexity index is 805. The van der Waals surface area contributed by atoms with Crippen LogP contribution in [0.3, 0.4) is 0 Å². The number of nitrogens with zero attached hydrogens (tertiary/aromatic N) is 1. The van der Waals surface area contributed by atoms with Crippen molar-refractivity contribution >= 4 is 28.1 Å². The Morgan fingerprint density at radius 3 is 2.03 bits per heavy atom. The summed E-state index contributed by atoms with van der Waals surface area (Å²) in [6.45, 7) is 11.3. The lowest BCUT2D eigenvalue weighted by Gasteiger charge is -2.38. The van der Waals surface area contributed by atoms with Crippen LogP contribution in [0.25, 0.3) is 0 Å². The molecule has 3 rings (SSSR count). The van der Waals surface area contributed by atoms with E-state index >= 15 is 0 Å². The SMILES string of the molecule is CC(C)(C)OC(=O)NC1CCC(N(C(=O)OC(C)(C)C)[C@@H]2C[C@H]2c2ccc(Br)cc2)CC1.